The van der Waals surface area contributed by atoms with Gasteiger partial charge in [-0.15, -0.1) is 0 Å². The number of hydrogen-bond donors (Lipinski definition) is 3. The molecule has 0 bridgehead atoms. The number of carbonyl (C=O) groups is 1. The van der Waals surface area contributed by atoms with Gasteiger partial charge in [-0.3, -0.25) is 9.89 Å². The second-order valence-corrected chi connectivity index (χ2v) is 5.44. The largest absolute Gasteiger partial charge is 0.395 e. The van der Waals surface area contributed by atoms with Crippen molar-refractivity contribution in [3.05, 3.63) is 11.4 Å². The minimum atomic E-state index is -0.175. The molecule has 6 heteroatoms. The van der Waals surface area contributed by atoms with Crippen molar-refractivity contribution < 1.29 is 4.79 Å². The highest BCUT2D eigenvalue weighted by atomic mass is 16.1. The van der Waals surface area contributed by atoms with E-state index in [1.807, 2.05) is 14.1 Å². The number of amides is 1. The van der Waals surface area contributed by atoms with Crippen LogP contribution < -0.4 is 11.1 Å². The van der Waals surface area contributed by atoms with E-state index in [0.717, 1.165) is 37.9 Å². The van der Waals surface area contributed by atoms with E-state index >= 15 is 0 Å². The smallest absolute Gasteiger partial charge is 0.273 e. The van der Waals surface area contributed by atoms with Gasteiger partial charge in [0.05, 0.1) is 11.4 Å². The molecule has 106 valence electrons. The number of hydrogen-bond acceptors (Lipinski definition) is 4. The average Bonchev–Trinajstić information content (AvgIpc) is 3.12. The molecule has 1 aromatic rings. The molecule has 0 saturated heterocycles. The highest BCUT2D eigenvalue weighted by molar-refractivity contribution is 5.97. The van der Waals surface area contributed by atoms with Crippen molar-refractivity contribution in [3.63, 3.8) is 0 Å². The molecule has 6 nitrogen and oxygen atoms in total. The van der Waals surface area contributed by atoms with Gasteiger partial charge >= 0.3 is 0 Å². The van der Waals surface area contributed by atoms with Crippen LogP contribution in [0.2, 0.25) is 0 Å². The summed E-state index contributed by atoms with van der Waals surface area (Å²) < 4.78 is 0. The van der Waals surface area contributed by atoms with Gasteiger partial charge in [-0.25, -0.2) is 0 Å². The molecule has 1 fully saturated rings. The summed E-state index contributed by atoms with van der Waals surface area (Å²) in [6.45, 7) is 1.70. The number of anilines is 1. The zero-order valence-electron chi connectivity index (χ0n) is 11.7. The van der Waals surface area contributed by atoms with E-state index in [2.05, 4.69) is 20.4 Å². The zero-order valence-corrected chi connectivity index (χ0v) is 11.7. The molecule has 0 unspecified atom stereocenters. The Kier molecular flexibility index (Phi) is 4.42. The van der Waals surface area contributed by atoms with E-state index < -0.39 is 0 Å². The first-order chi connectivity index (χ1) is 9.09. The second-order valence-electron chi connectivity index (χ2n) is 5.44. The molecule has 1 aliphatic rings. The Morgan fingerprint density at radius 1 is 1.47 bits per heavy atom. The van der Waals surface area contributed by atoms with E-state index in [4.69, 9.17) is 5.73 Å². The molecule has 2 rings (SSSR count). The van der Waals surface area contributed by atoms with Crippen molar-refractivity contribution in [2.75, 3.05) is 32.9 Å². The number of nitrogens with two attached hydrogens (primary N) is 1. The quantitative estimate of drug-likeness (QED) is 0.640. The fourth-order valence-electron chi connectivity index (χ4n) is 2.06. The third-order valence-corrected chi connectivity index (χ3v) is 3.35. The van der Waals surface area contributed by atoms with Crippen LogP contribution in [0.1, 0.15) is 47.8 Å². The fourth-order valence-corrected chi connectivity index (χ4v) is 2.06. The number of nitrogen functional groups attached to an aromatic ring is 1. The molecule has 1 amide bonds. The Bertz CT molecular complexity index is 436. The zero-order chi connectivity index (χ0) is 13.8. The average molecular weight is 265 g/mol. The normalized spacial score (nSPS) is 14.9. The van der Waals surface area contributed by atoms with Crippen LogP contribution in [0.15, 0.2) is 0 Å². The van der Waals surface area contributed by atoms with Crippen LogP contribution in [0.3, 0.4) is 0 Å². The first-order valence-corrected chi connectivity index (χ1v) is 6.86. The summed E-state index contributed by atoms with van der Waals surface area (Å²) >= 11 is 0. The highest BCUT2D eigenvalue weighted by Gasteiger charge is 2.30. The maximum atomic E-state index is 11.9. The van der Waals surface area contributed by atoms with E-state index in [-0.39, 0.29) is 5.91 Å². The number of unbranched alkanes of at least 4 members (excludes halogenated alkanes) is 1. The summed E-state index contributed by atoms with van der Waals surface area (Å²) in [7, 11) is 4.09. The first-order valence-electron chi connectivity index (χ1n) is 6.86. The van der Waals surface area contributed by atoms with Gasteiger partial charge in [-0.1, -0.05) is 0 Å². The first kappa shape index (κ1) is 13.9. The van der Waals surface area contributed by atoms with E-state index in [1.165, 1.54) is 0 Å². The molecule has 0 aliphatic heterocycles. The molecule has 19 heavy (non-hydrogen) atoms. The van der Waals surface area contributed by atoms with Crippen LogP contribution in [0.5, 0.6) is 0 Å². The molecule has 0 radical (unpaired) electrons. The maximum absolute atomic E-state index is 11.9. The van der Waals surface area contributed by atoms with Gasteiger partial charge < -0.3 is 16.0 Å². The van der Waals surface area contributed by atoms with Gasteiger partial charge in [0, 0.05) is 12.5 Å². The van der Waals surface area contributed by atoms with Gasteiger partial charge in [0.15, 0.2) is 5.69 Å². The van der Waals surface area contributed by atoms with Crippen LogP contribution >= 0.6 is 0 Å². The standard InChI is InChI=1S/C13H23N5O/c1-18(2)8-4-3-7-15-13(19)12-10(14)11(16-17-12)9-5-6-9/h9H,3-8,14H2,1-2H3,(H,15,19)(H,16,17). The molecule has 0 aromatic carbocycles. The van der Waals surface area contributed by atoms with Crippen LogP contribution in [0.25, 0.3) is 0 Å². The van der Waals surface area contributed by atoms with Crippen molar-refractivity contribution in [1.82, 2.24) is 20.4 Å². The number of aromatic nitrogens is 2. The molecule has 0 spiro atoms. The van der Waals surface area contributed by atoms with Crippen LogP contribution in [-0.4, -0.2) is 48.2 Å². The molecule has 4 N–H and O–H groups in total. The van der Waals surface area contributed by atoms with Gasteiger partial charge in [-0.2, -0.15) is 5.10 Å². The Morgan fingerprint density at radius 3 is 2.84 bits per heavy atom. The highest BCUT2D eigenvalue weighted by Crippen LogP contribution is 2.42. The third-order valence-electron chi connectivity index (χ3n) is 3.35. The monoisotopic (exact) mass is 265 g/mol. The number of carbonyl (C=O) groups excluding carboxylic acids is 1. The maximum Gasteiger partial charge on any atom is 0.273 e. The third kappa shape index (κ3) is 3.70. The Labute approximate surface area is 113 Å². The van der Waals surface area contributed by atoms with Crippen molar-refractivity contribution in [2.24, 2.45) is 0 Å². The lowest BCUT2D eigenvalue weighted by molar-refractivity contribution is 0.0948. The number of nitrogens with zero attached hydrogens (tertiary/aromatic N) is 2. The minimum absolute atomic E-state index is 0.175. The van der Waals surface area contributed by atoms with Crippen molar-refractivity contribution in [1.29, 1.82) is 0 Å². The lowest BCUT2D eigenvalue weighted by Gasteiger charge is -2.09. The lowest BCUT2D eigenvalue weighted by atomic mass is 10.2. The van der Waals surface area contributed by atoms with Crippen LogP contribution in [0.4, 0.5) is 5.69 Å². The second kappa shape index (κ2) is 6.06. The molecule has 1 aromatic heterocycles. The summed E-state index contributed by atoms with van der Waals surface area (Å²) in [5, 5.41) is 9.79. The summed E-state index contributed by atoms with van der Waals surface area (Å²) in [5.74, 6) is 0.305. The van der Waals surface area contributed by atoms with Crippen molar-refractivity contribution in [2.45, 2.75) is 31.6 Å². The fraction of sp³-hybridized carbons (Fsp3) is 0.692. The van der Waals surface area contributed by atoms with Crippen molar-refractivity contribution in [3.8, 4) is 0 Å². The van der Waals surface area contributed by atoms with E-state index in [1.54, 1.807) is 0 Å². The van der Waals surface area contributed by atoms with Crippen LogP contribution in [0, 0.1) is 0 Å². The number of aromatic amines is 1. The summed E-state index contributed by atoms with van der Waals surface area (Å²) in [6, 6.07) is 0. The molecular weight excluding hydrogens is 242 g/mol. The van der Waals surface area contributed by atoms with Gasteiger partial charge in [0.2, 0.25) is 0 Å². The molecular formula is C13H23N5O. The Balaban J connectivity index is 1.76. The SMILES string of the molecule is CN(C)CCCCNC(=O)c1n[nH]c(C2CC2)c1N. The Hall–Kier alpha value is -1.56. The van der Waals surface area contributed by atoms with Gasteiger partial charge in [0.1, 0.15) is 0 Å². The van der Waals surface area contributed by atoms with Gasteiger partial charge in [0.25, 0.3) is 5.91 Å². The number of nitrogens with one attached hydrogen (secondary N) is 2. The predicted molar refractivity (Wildman–Crippen MR) is 75.1 cm³/mol. The molecule has 1 aliphatic carbocycles. The number of rotatable bonds is 7. The van der Waals surface area contributed by atoms with E-state index in [9.17, 15) is 4.79 Å². The lowest BCUT2D eigenvalue weighted by Crippen LogP contribution is -2.26. The molecule has 1 saturated carbocycles. The topological polar surface area (TPSA) is 87.0 Å². The minimum Gasteiger partial charge on any atom is -0.395 e. The molecule has 1 heterocycles. The molecule has 0 atom stereocenters. The summed E-state index contributed by atoms with van der Waals surface area (Å²) in [5.41, 5.74) is 7.75. The number of H-pyrrole nitrogens is 1. The predicted octanol–water partition coefficient (Wildman–Crippen LogP) is 0.941. The summed E-state index contributed by atoms with van der Waals surface area (Å²) in [6.07, 6.45) is 4.30. The summed E-state index contributed by atoms with van der Waals surface area (Å²) in [4.78, 5) is 14.1. The van der Waals surface area contributed by atoms with Crippen molar-refractivity contribution >= 4 is 11.6 Å². The Morgan fingerprint density at radius 2 is 2.21 bits per heavy atom. The van der Waals surface area contributed by atoms with Gasteiger partial charge in [-0.05, 0) is 46.3 Å². The van der Waals surface area contributed by atoms with E-state index in [0.29, 0.717) is 23.8 Å². The van der Waals surface area contributed by atoms with Crippen LogP contribution in [-0.2, 0) is 0 Å².